The van der Waals surface area contributed by atoms with Crippen LogP contribution in [0.4, 0.5) is 0 Å². The van der Waals surface area contributed by atoms with Crippen LogP contribution in [0.25, 0.3) is 22.3 Å². The summed E-state index contributed by atoms with van der Waals surface area (Å²) in [6.45, 7) is 1.44. The zero-order valence-electron chi connectivity index (χ0n) is 16.2. The Morgan fingerprint density at radius 3 is 2.26 bits per heavy atom. The second-order valence-corrected chi connectivity index (χ2v) is 6.77. The van der Waals surface area contributed by atoms with E-state index >= 15 is 0 Å². The largest absolute Gasteiger partial charge is 0.508 e. The molecule has 0 aliphatic heterocycles. The van der Waals surface area contributed by atoms with Gasteiger partial charge in [-0.15, -0.1) is 0 Å². The second kappa shape index (κ2) is 7.75. The fourth-order valence-corrected chi connectivity index (χ4v) is 3.11. The van der Waals surface area contributed by atoms with Crippen molar-refractivity contribution in [1.29, 1.82) is 0 Å². The third-order valence-electron chi connectivity index (χ3n) is 4.68. The number of Topliss-reactive ketones (excluding diaryl/α,β-unsaturated/α-hetero) is 1. The second-order valence-electron chi connectivity index (χ2n) is 6.77. The van der Waals surface area contributed by atoms with Gasteiger partial charge in [-0.1, -0.05) is 5.16 Å². The first-order valence-corrected chi connectivity index (χ1v) is 9.16. The summed E-state index contributed by atoms with van der Waals surface area (Å²) < 4.78 is 11.4. The Hall–Kier alpha value is -4.46. The minimum atomic E-state index is -0.487. The van der Waals surface area contributed by atoms with Crippen molar-refractivity contribution in [3.05, 3.63) is 71.6 Å². The van der Waals surface area contributed by atoms with Crippen LogP contribution in [0.5, 0.6) is 28.7 Å². The van der Waals surface area contributed by atoms with Gasteiger partial charge in [-0.05, 0) is 55.5 Å². The van der Waals surface area contributed by atoms with Gasteiger partial charge in [0.15, 0.2) is 17.3 Å². The van der Waals surface area contributed by atoms with Gasteiger partial charge >= 0.3 is 0 Å². The van der Waals surface area contributed by atoms with Crippen LogP contribution in [-0.4, -0.2) is 26.3 Å². The third-order valence-corrected chi connectivity index (χ3v) is 4.68. The Bertz CT molecular complexity index is 1350. The van der Waals surface area contributed by atoms with Crippen molar-refractivity contribution in [3.63, 3.8) is 0 Å². The topological polar surface area (TPSA) is 133 Å². The standard InChI is InChI=1S/C23H17NO7/c1-12(25)13-4-8-16(9-5-13)30-23-18(27)11-20-21(22(23)28)17(24-29)10-19(31-20)14-2-6-15(26)7-3-14/h2-11,26-29H,1H3. The first-order valence-electron chi connectivity index (χ1n) is 9.16. The van der Waals surface area contributed by atoms with Crippen molar-refractivity contribution >= 4 is 16.8 Å². The predicted molar refractivity (Wildman–Crippen MR) is 111 cm³/mol. The molecule has 0 radical (unpaired) electrons. The summed E-state index contributed by atoms with van der Waals surface area (Å²) in [6.07, 6.45) is 0. The highest BCUT2D eigenvalue weighted by molar-refractivity contribution is 5.94. The maximum atomic E-state index is 11.4. The average molecular weight is 419 g/mol. The SMILES string of the molecule is CC(=O)c1ccc(Oc2c(O)cc3oc(-c4ccc(O)cc4)cc(=NO)c3c2O)cc1. The van der Waals surface area contributed by atoms with Gasteiger partial charge in [0.1, 0.15) is 28.2 Å². The Labute approximate surface area is 175 Å². The maximum Gasteiger partial charge on any atom is 0.211 e. The van der Waals surface area contributed by atoms with Crippen LogP contribution in [0.1, 0.15) is 17.3 Å². The minimum absolute atomic E-state index is 0.0152. The van der Waals surface area contributed by atoms with Crippen LogP contribution in [0, 0.1) is 0 Å². The summed E-state index contributed by atoms with van der Waals surface area (Å²) in [5, 5.41) is 43.4. The van der Waals surface area contributed by atoms with Crippen molar-refractivity contribution < 1.29 is 34.5 Å². The number of nitrogens with zero attached hydrogens (tertiary/aromatic N) is 1. The van der Waals surface area contributed by atoms with E-state index in [0.29, 0.717) is 11.1 Å². The van der Waals surface area contributed by atoms with Crippen molar-refractivity contribution in [3.8, 4) is 40.1 Å². The van der Waals surface area contributed by atoms with Gasteiger partial charge in [-0.2, -0.15) is 0 Å². The summed E-state index contributed by atoms with van der Waals surface area (Å²) in [6, 6.07) is 14.9. The van der Waals surface area contributed by atoms with Crippen molar-refractivity contribution in [2.24, 2.45) is 5.16 Å². The highest BCUT2D eigenvalue weighted by atomic mass is 16.5. The van der Waals surface area contributed by atoms with Crippen LogP contribution in [0.2, 0.25) is 0 Å². The molecule has 8 nitrogen and oxygen atoms in total. The van der Waals surface area contributed by atoms with Gasteiger partial charge in [0, 0.05) is 23.3 Å². The average Bonchev–Trinajstić information content (AvgIpc) is 2.76. The maximum absolute atomic E-state index is 11.4. The van der Waals surface area contributed by atoms with Crippen LogP contribution in [0.15, 0.2) is 70.2 Å². The fourth-order valence-electron chi connectivity index (χ4n) is 3.11. The molecule has 3 aromatic carbocycles. The number of carbonyl (C=O) groups excluding carboxylic acids is 1. The first kappa shape index (κ1) is 19.8. The number of aromatic hydroxyl groups is 3. The minimum Gasteiger partial charge on any atom is -0.508 e. The molecule has 1 aromatic heterocycles. The van der Waals surface area contributed by atoms with E-state index in [1.807, 2.05) is 0 Å². The molecule has 0 aliphatic carbocycles. The van der Waals surface area contributed by atoms with Gasteiger partial charge in [-0.3, -0.25) is 4.79 Å². The summed E-state index contributed by atoms with van der Waals surface area (Å²) in [5.41, 5.74) is 1.11. The molecule has 0 bridgehead atoms. The molecule has 4 rings (SSSR count). The first-order chi connectivity index (χ1) is 14.9. The molecular formula is C23H17NO7. The van der Waals surface area contributed by atoms with Gasteiger partial charge in [0.2, 0.25) is 5.75 Å². The van der Waals surface area contributed by atoms with Gasteiger partial charge < -0.3 is 29.7 Å². The molecule has 156 valence electrons. The monoisotopic (exact) mass is 419 g/mol. The molecule has 31 heavy (non-hydrogen) atoms. The van der Waals surface area contributed by atoms with Gasteiger partial charge in [0.05, 0.1) is 5.39 Å². The molecule has 0 atom stereocenters. The molecule has 4 aromatic rings. The normalized spacial score (nSPS) is 11.6. The van der Waals surface area contributed by atoms with E-state index in [4.69, 9.17) is 9.15 Å². The van der Waals surface area contributed by atoms with Crippen LogP contribution < -0.4 is 10.1 Å². The van der Waals surface area contributed by atoms with Crippen molar-refractivity contribution in [2.45, 2.75) is 6.92 Å². The molecule has 0 spiro atoms. The molecule has 0 saturated heterocycles. The molecule has 0 unspecified atom stereocenters. The fraction of sp³-hybridized carbons (Fsp3) is 0.0435. The third kappa shape index (κ3) is 3.74. The zero-order valence-corrected chi connectivity index (χ0v) is 16.2. The number of carbonyl (C=O) groups is 1. The number of ketones is 1. The molecular weight excluding hydrogens is 402 g/mol. The smallest absolute Gasteiger partial charge is 0.211 e. The van der Waals surface area contributed by atoms with E-state index < -0.39 is 11.5 Å². The van der Waals surface area contributed by atoms with E-state index in [0.717, 1.165) is 0 Å². The molecule has 4 N–H and O–H groups in total. The van der Waals surface area contributed by atoms with Crippen molar-refractivity contribution in [1.82, 2.24) is 0 Å². The lowest BCUT2D eigenvalue weighted by Gasteiger charge is -2.13. The Kier molecular flexibility index (Phi) is 4.96. The Morgan fingerprint density at radius 2 is 1.65 bits per heavy atom. The van der Waals surface area contributed by atoms with E-state index in [1.165, 1.54) is 43.3 Å². The number of benzene rings is 3. The molecule has 0 saturated carbocycles. The number of phenolic OH excluding ortho intramolecular Hbond substituents is 3. The molecule has 0 fully saturated rings. The lowest BCUT2D eigenvalue weighted by Crippen LogP contribution is -2.04. The van der Waals surface area contributed by atoms with E-state index in [2.05, 4.69) is 5.16 Å². The molecule has 1 heterocycles. The zero-order chi connectivity index (χ0) is 22.1. The lowest BCUT2D eigenvalue weighted by molar-refractivity contribution is 0.101. The van der Waals surface area contributed by atoms with Gasteiger partial charge in [0.25, 0.3) is 0 Å². The predicted octanol–water partition coefficient (Wildman–Crippen LogP) is 4.50. The van der Waals surface area contributed by atoms with Crippen LogP contribution in [0.3, 0.4) is 0 Å². The van der Waals surface area contributed by atoms with Crippen LogP contribution >= 0.6 is 0 Å². The summed E-state index contributed by atoms with van der Waals surface area (Å²) in [4.78, 5) is 11.4. The Morgan fingerprint density at radius 1 is 0.968 bits per heavy atom. The Balaban J connectivity index is 1.83. The molecule has 0 aliphatic rings. The summed E-state index contributed by atoms with van der Waals surface area (Å²) in [5.74, 6) is -0.632. The highest BCUT2D eigenvalue weighted by Gasteiger charge is 2.19. The number of fused-ring (bicyclic) bond motifs is 1. The lowest BCUT2D eigenvalue weighted by atomic mass is 10.1. The molecule has 8 heteroatoms. The number of phenols is 3. The van der Waals surface area contributed by atoms with Gasteiger partial charge in [-0.25, -0.2) is 0 Å². The van der Waals surface area contributed by atoms with E-state index in [9.17, 15) is 25.3 Å². The van der Waals surface area contributed by atoms with Crippen molar-refractivity contribution in [2.75, 3.05) is 0 Å². The van der Waals surface area contributed by atoms with Crippen LogP contribution in [-0.2, 0) is 0 Å². The molecule has 0 amide bonds. The van der Waals surface area contributed by atoms with E-state index in [1.54, 1.807) is 24.3 Å². The number of hydrogen-bond acceptors (Lipinski definition) is 8. The quantitative estimate of drug-likeness (QED) is 0.217. The number of rotatable bonds is 4. The summed E-state index contributed by atoms with van der Waals surface area (Å²) in [7, 11) is 0. The number of hydrogen-bond donors (Lipinski definition) is 4. The highest BCUT2D eigenvalue weighted by Crippen LogP contribution is 2.44. The number of ether oxygens (including phenoxy) is 1. The summed E-state index contributed by atoms with van der Waals surface area (Å²) >= 11 is 0. The van der Waals surface area contributed by atoms with E-state index in [-0.39, 0.29) is 45.1 Å².